The molecule has 3 aromatic rings. The molecule has 0 radical (unpaired) electrons. The van der Waals surface area contributed by atoms with Crippen LogP contribution < -0.4 is 5.32 Å². The molecule has 0 aliphatic heterocycles. The maximum Gasteiger partial charge on any atom is 0.266 e. The van der Waals surface area contributed by atoms with Gasteiger partial charge >= 0.3 is 0 Å². The lowest BCUT2D eigenvalue weighted by Gasteiger charge is -2.10. The number of aryl methyl sites for hydroxylation is 2. The number of aromatic nitrogens is 1. The first kappa shape index (κ1) is 19.5. The van der Waals surface area contributed by atoms with Gasteiger partial charge in [0.1, 0.15) is 11.6 Å². The summed E-state index contributed by atoms with van der Waals surface area (Å²) in [5.74, 6) is -0.454. The average molecular weight is 390 g/mol. The molecule has 0 aliphatic rings. The van der Waals surface area contributed by atoms with Crippen LogP contribution in [0.2, 0.25) is 5.02 Å². The van der Waals surface area contributed by atoms with Gasteiger partial charge in [0, 0.05) is 27.8 Å². The summed E-state index contributed by atoms with van der Waals surface area (Å²) in [6.45, 7) is 6.03. The number of hydrogen-bond donors (Lipinski definition) is 1. The van der Waals surface area contributed by atoms with Crippen molar-refractivity contribution in [1.82, 2.24) is 4.57 Å². The standard InChI is InChI=1S/C23H20ClN3O/c1-15-5-4-6-22(11-15)27-16(2)12-18(17(27)3)13-19(14-25)23(28)26-21-9-7-20(24)8-10-21/h4-13H,1-3H3,(H,26,28). The van der Waals surface area contributed by atoms with Crippen molar-refractivity contribution >= 4 is 29.3 Å². The van der Waals surface area contributed by atoms with Crippen LogP contribution >= 0.6 is 11.6 Å². The number of rotatable bonds is 4. The predicted molar refractivity (Wildman–Crippen MR) is 114 cm³/mol. The number of hydrogen-bond acceptors (Lipinski definition) is 2. The largest absolute Gasteiger partial charge is 0.321 e. The SMILES string of the molecule is Cc1cccc(-n2c(C)cc(C=C(C#N)C(=O)Nc3ccc(Cl)cc3)c2C)c1. The van der Waals surface area contributed by atoms with E-state index in [-0.39, 0.29) is 5.57 Å². The van der Waals surface area contributed by atoms with E-state index in [9.17, 15) is 10.1 Å². The smallest absolute Gasteiger partial charge is 0.266 e. The Balaban J connectivity index is 1.93. The number of nitrogens with one attached hydrogen (secondary N) is 1. The van der Waals surface area contributed by atoms with E-state index >= 15 is 0 Å². The molecule has 0 atom stereocenters. The van der Waals surface area contributed by atoms with Crippen LogP contribution in [0, 0.1) is 32.1 Å². The highest BCUT2D eigenvalue weighted by molar-refractivity contribution is 6.30. The molecule has 1 heterocycles. The summed E-state index contributed by atoms with van der Waals surface area (Å²) in [6.07, 6.45) is 1.62. The van der Waals surface area contributed by atoms with Gasteiger partial charge in [-0.1, -0.05) is 23.7 Å². The summed E-state index contributed by atoms with van der Waals surface area (Å²) in [4.78, 5) is 12.5. The third-order valence-electron chi connectivity index (χ3n) is 4.50. The first-order chi connectivity index (χ1) is 13.4. The molecule has 1 N–H and O–H groups in total. The first-order valence-electron chi connectivity index (χ1n) is 8.83. The molecule has 0 saturated carbocycles. The van der Waals surface area contributed by atoms with Gasteiger partial charge in [0.15, 0.2) is 0 Å². The molecule has 0 aliphatic carbocycles. The highest BCUT2D eigenvalue weighted by atomic mass is 35.5. The zero-order valence-electron chi connectivity index (χ0n) is 16.0. The van der Waals surface area contributed by atoms with Gasteiger partial charge in [0.25, 0.3) is 5.91 Å². The Morgan fingerprint density at radius 1 is 1.11 bits per heavy atom. The van der Waals surface area contributed by atoms with Gasteiger partial charge in [-0.3, -0.25) is 4.79 Å². The van der Waals surface area contributed by atoms with E-state index in [0.717, 1.165) is 22.6 Å². The predicted octanol–water partition coefficient (Wildman–Crippen LogP) is 5.60. The van der Waals surface area contributed by atoms with Crippen LogP contribution in [-0.2, 0) is 4.79 Å². The van der Waals surface area contributed by atoms with Gasteiger partial charge < -0.3 is 9.88 Å². The zero-order chi connectivity index (χ0) is 20.3. The van der Waals surface area contributed by atoms with Gasteiger partial charge in [-0.15, -0.1) is 0 Å². The fraction of sp³-hybridized carbons (Fsp3) is 0.130. The molecule has 0 fully saturated rings. The van der Waals surface area contributed by atoms with Crippen LogP contribution in [0.15, 0.2) is 60.2 Å². The number of halogens is 1. The molecule has 140 valence electrons. The van der Waals surface area contributed by atoms with Crippen molar-refractivity contribution in [2.75, 3.05) is 5.32 Å². The molecule has 1 aromatic heterocycles. The van der Waals surface area contributed by atoms with Crippen molar-refractivity contribution in [3.8, 4) is 11.8 Å². The number of amides is 1. The van der Waals surface area contributed by atoms with Crippen LogP contribution in [0.3, 0.4) is 0 Å². The summed E-state index contributed by atoms with van der Waals surface area (Å²) < 4.78 is 2.12. The molecule has 0 bridgehead atoms. The van der Waals surface area contributed by atoms with Crippen molar-refractivity contribution in [1.29, 1.82) is 5.26 Å². The van der Waals surface area contributed by atoms with Gasteiger partial charge in [-0.25, -0.2) is 0 Å². The van der Waals surface area contributed by atoms with Gasteiger partial charge in [-0.05, 0) is 80.4 Å². The lowest BCUT2D eigenvalue weighted by molar-refractivity contribution is -0.112. The van der Waals surface area contributed by atoms with Crippen molar-refractivity contribution < 1.29 is 4.79 Å². The molecule has 0 unspecified atom stereocenters. The molecule has 3 rings (SSSR count). The second-order valence-electron chi connectivity index (χ2n) is 6.63. The molecule has 28 heavy (non-hydrogen) atoms. The molecule has 0 spiro atoms. The lowest BCUT2D eigenvalue weighted by atomic mass is 10.1. The van der Waals surface area contributed by atoms with E-state index in [1.54, 1.807) is 30.3 Å². The van der Waals surface area contributed by atoms with Crippen molar-refractivity contribution in [3.63, 3.8) is 0 Å². The Labute approximate surface area is 169 Å². The topological polar surface area (TPSA) is 57.8 Å². The van der Waals surface area contributed by atoms with E-state index in [4.69, 9.17) is 11.6 Å². The quantitative estimate of drug-likeness (QED) is 0.466. The van der Waals surface area contributed by atoms with Crippen LogP contribution in [0.5, 0.6) is 0 Å². The Bertz CT molecular complexity index is 1100. The fourth-order valence-corrected chi connectivity index (χ4v) is 3.26. The highest BCUT2D eigenvalue weighted by Gasteiger charge is 2.14. The Hall–Kier alpha value is -3.29. The van der Waals surface area contributed by atoms with E-state index in [2.05, 4.69) is 16.0 Å². The highest BCUT2D eigenvalue weighted by Crippen LogP contribution is 2.24. The maximum atomic E-state index is 12.5. The molecule has 1 amide bonds. The van der Waals surface area contributed by atoms with Crippen molar-refractivity contribution in [2.24, 2.45) is 0 Å². The van der Waals surface area contributed by atoms with E-state index in [0.29, 0.717) is 10.7 Å². The number of anilines is 1. The second kappa shape index (κ2) is 8.16. The van der Waals surface area contributed by atoms with Crippen LogP contribution in [0.1, 0.15) is 22.5 Å². The van der Waals surface area contributed by atoms with E-state index in [1.807, 2.05) is 51.1 Å². The minimum absolute atomic E-state index is 0.0412. The number of carbonyl (C=O) groups is 1. The third kappa shape index (κ3) is 4.16. The van der Waals surface area contributed by atoms with Gasteiger partial charge in [0.05, 0.1) is 0 Å². The van der Waals surface area contributed by atoms with Gasteiger partial charge in [0.2, 0.25) is 0 Å². The molecule has 2 aromatic carbocycles. The Kier molecular flexibility index (Phi) is 5.67. The number of nitrogens with zero attached hydrogens (tertiary/aromatic N) is 2. The lowest BCUT2D eigenvalue weighted by Crippen LogP contribution is -2.13. The summed E-state index contributed by atoms with van der Waals surface area (Å²) >= 11 is 5.86. The van der Waals surface area contributed by atoms with Crippen LogP contribution in [0.25, 0.3) is 11.8 Å². The first-order valence-corrected chi connectivity index (χ1v) is 9.21. The third-order valence-corrected chi connectivity index (χ3v) is 4.75. The molecule has 4 nitrogen and oxygen atoms in total. The summed E-state index contributed by atoms with van der Waals surface area (Å²) in [6, 6.07) is 18.9. The molecule has 0 saturated heterocycles. The Morgan fingerprint density at radius 3 is 2.46 bits per heavy atom. The molecular formula is C23H20ClN3O. The second-order valence-corrected chi connectivity index (χ2v) is 7.07. The summed E-state index contributed by atoms with van der Waals surface area (Å²) in [7, 11) is 0. The van der Waals surface area contributed by atoms with Crippen LogP contribution in [0.4, 0.5) is 5.69 Å². The minimum atomic E-state index is -0.454. The molecule has 5 heteroatoms. The zero-order valence-corrected chi connectivity index (χ0v) is 16.7. The number of benzene rings is 2. The number of nitriles is 1. The summed E-state index contributed by atoms with van der Waals surface area (Å²) in [5.41, 5.74) is 5.68. The number of carbonyl (C=O) groups excluding carboxylic acids is 1. The minimum Gasteiger partial charge on any atom is -0.321 e. The molecular weight excluding hydrogens is 370 g/mol. The maximum absolute atomic E-state index is 12.5. The summed E-state index contributed by atoms with van der Waals surface area (Å²) in [5, 5.41) is 12.8. The van der Waals surface area contributed by atoms with E-state index < -0.39 is 5.91 Å². The van der Waals surface area contributed by atoms with Crippen LogP contribution in [-0.4, -0.2) is 10.5 Å². The fourth-order valence-electron chi connectivity index (χ4n) is 3.13. The van der Waals surface area contributed by atoms with Crippen molar-refractivity contribution in [3.05, 3.63) is 87.7 Å². The van der Waals surface area contributed by atoms with Crippen molar-refractivity contribution in [2.45, 2.75) is 20.8 Å². The van der Waals surface area contributed by atoms with E-state index in [1.165, 1.54) is 5.56 Å². The average Bonchev–Trinajstić information content (AvgIpc) is 2.94. The van der Waals surface area contributed by atoms with Gasteiger partial charge in [-0.2, -0.15) is 5.26 Å². The monoisotopic (exact) mass is 389 g/mol. The Morgan fingerprint density at radius 2 is 1.82 bits per heavy atom. The normalized spacial score (nSPS) is 11.2.